The molecule has 4 aromatic carbocycles. The molecule has 4 amide bonds. The number of non-ortho nitro benzene ring substituents is 1. The van der Waals surface area contributed by atoms with Crippen LogP contribution >= 0.6 is 27.5 Å². The maximum atomic E-state index is 13.5. The van der Waals surface area contributed by atoms with Crippen molar-refractivity contribution >= 4 is 62.8 Å². The zero-order chi connectivity index (χ0) is 30.5. The fraction of sp³-hybridized carbons (Fsp3) is 0.0645. The lowest BCUT2D eigenvalue weighted by atomic mass is 10.1. The number of barbiturate groups is 1. The van der Waals surface area contributed by atoms with Crippen molar-refractivity contribution in [1.29, 1.82) is 0 Å². The number of nitro groups is 1. The number of carbonyl (C=O) groups excluding carboxylic acids is 3. The summed E-state index contributed by atoms with van der Waals surface area (Å²) in [5.74, 6) is -0.838. The number of hydrogen-bond acceptors (Lipinski definition) is 7. The van der Waals surface area contributed by atoms with Gasteiger partial charge in [-0.05, 0) is 72.3 Å². The van der Waals surface area contributed by atoms with Crippen LogP contribution in [-0.4, -0.2) is 22.8 Å². The Morgan fingerprint density at radius 1 is 0.907 bits per heavy atom. The zero-order valence-corrected chi connectivity index (χ0v) is 24.5. The number of carbonyl (C=O) groups is 3. The quantitative estimate of drug-likeness (QED) is 0.0900. The molecule has 0 atom stereocenters. The molecule has 1 fully saturated rings. The minimum Gasteiger partial charge on any atom is -0.489 e. The van der Waals surface area contributed by atoms with E-state index in [1.54, 1.807) is 48.5 Å². The van der Waals surface area contributed by atoms with Crippen LogP contribution in [0.1, 0.15) is 16.7 Å². The topological polar surface area (TPSA) is 128 Å². The van der Waals surface area contributed by atoms with Crippen molar-refractivity contribution in [3.63, 3.8) is 0 Å². The molecule has 0 aliphatic carbocycles. The van der Waals surface area contributed by atoms with Crippen LogP contribution in [0.25, 0.3) is 6.08 Å². The van der Waals surface area contributed by atoms with Gasteiger partial charge in [-0.2, -0.15) is 0 Å². The third-order valence-electron chi connectivity index (χ3n) is 6.36. The highest BCUT2D eigenvalue weighted by Gasteiger charge is 2.37. The minimum absolute atomic E-state index is 0.0435. The van der Waals surface area contributed by atoms with Crippen molar-refractivity contribution in [2.24, 2.45) is 0 Å². The Kier molecular flexibility index (Phi) is 8.84. The largest absolute Gasteiger partial charge is 0.489 e. The van der Waals surface area contributed by atoms with E-state index in [0.29, 0.717) is 32.1 Å². The number of halogens is 2. The van der Waals surface area contributed by atoms with Gasteiger partial charge in [0, 0.05) is 32.8 Å². The molecule has 1 N–H and O–H groups in total. The summed E-state index contributed by atoms with van der Waals surface area (Å²) >= 11 is 9.57. The van der Waals surface area contributed by atoms with Gasteiger partial charge in [0.05, 0.1) is 10.6 Å². The predicted molar refractivity (Wildman–Crippen MR) is 163 cm³/mol. The number of anilines is 1. The van der Waals surface area contributed by atoms with Crippen molar-refractivity contribution in [2.45, 2.75) is 13.2 Å². The number of ether oxygens (including phenoxy) is 2. The smallest absolute Gasteiger partial charge is 0.335 e. The second-order valence-corrected chi connectivity index (χ2v) is 10.5. The monoisotopic (exact) mass is 661 g/mol. The van der Waals surface area contributed by atoms with E-state index in [-0.39, 0.29) is 30.2 Å². The van der Waals surface area contributed by atoms with Crippen LogP contribution in [0.15, 0.2) is 101 Å². The van der Waals surface area contributed by atoms with Gasteiger partial charge in [-0.1, -0.05) is 45.7 Å². The van der Waals surface area contributed by atoms with Gasteiger partial charge >= 0.3 is 6.03 Å². The standard InChI is InChI=1S/C31H21BrClN3O7/c32-22-7-14-28(43-17-19-5-8-24(9-6-19)36(40)41)21(15-22)16-26-29(37)34-31(39)35(30(26)38)23-10-12-25(13-11-23)42-18-20-3-1-2-4-27(20)33/h1-16H,17-18H2,(H,34,37,39)/b26-16+. The lowest BCUT2D eigenvalue weighted by Crippen LogP contribution is -2.54. The normalized spacial score (nSPS) is 14.0. The Morgan fingerprint density at radius 3 is 2.33 bits per heavy atom. The van der Waals surface area contributed by atoms with E-state index in [2.05, 4.69) is 21.2 Å². The second-order valence-electron chi connectivity index (χ2n) is 9.23. The number of nitrogens with zero attached hydrogens (tertiary/aromatic N) is 2. The lowest BCUT2D eigenvalue weighted by Gasteiger charge is -2.26. The highest BCUT2D eigenvalue weighted by atomic mass is 79.9. The molecule has 1 aliphatic rings. The number of nitrogens with one attached hydrogen (secondary N) is 1. The van der Waals surface area contributed by atoms with E-state index in [0.717, 1.165) is 10.5 Å². The fourth-order valence-corrected chi connectivity index (χ4v) is 4.72. The lowest BCUT2D eigenvalue weighted by molar-refractivity contribution is -0.384. The Morgan fingerprint density at radius 2 is 1.63 bits per heavy atom. The highest BCUT2D eigenvalue weighted by Crippen LogP contribution is 2.30. The molecule has 0 radical (unpaired) electrons. The van der Waals surface area contributed by atoms with Gasteiger partial charge < -0.3 is 9.47 Å². The van der Waals surface area contributed by atoms with Crippen LogP contribution in [0, 0.1) is 10.1 Å². The fourth-order valence-electron chi connectivity index (χ4n) is 4.15. The number of amides is 4. The van der Waals surface area contributed by atoms with Crippen molar-refractivity contribution in [2.75, 3.05) is 4.90 Å². The van der Waals surface area contributed by atoms with Crippen LogP contribution in [0.3, 0.4) is 0 Å². The Hall–Kier alpha value is -5.00. The first-order valence-corrected chi connectivity index (χ1v) is 13.9. The van der Waals surface area contributed by atoms with Gasteiger partial charge in [-0.15, -0.1) is 0 Å². The minimum atomic E-state index is -0.888. The van der Waals surface area contributed by atoms with Crippen molar-refractivity contribution < 1.29 is 28.8 Å². The van der Waals surface area contributed by atoms with Gasteiger partial charge in [0.25, 0.3) is 17.5 Å². The van der Waals surface area contributed by atoms with Crippen LogP contribution in [0.4, 0.5) is 16.2 Å². The van der Waals surface area contributed by atoms with E-state index >= 15 is 0 Å². The van der Waals surface area contributed by atoms with E-state index in [1.807, 2.05) is 18.2 Å². The summed E-state index contributed by atoms with van der Waals surface area (Å²) in [7, 11) is 0. The van der Waals surface area contributed by atoms with E-state index in [9.17, 15) is 24.5 Å². The summed E-state index contributed by atoms with van der Waals surface area (Å²) in [6, 6.07) is 23.6. The first-order valence-electron chi connectivity index (χ1n) is 12.7. The molecule has 0 aromatic heterocycles. The number of hydrogen-bond donors (Lipinski definition) is 1. The maximum Gasteiger partial charge on any atom is 0.335 e. The molecule has 5 rings (SSSR count). The maximum absolute atomic E-state index is 13.5. The first-order chi connectivity index (χ1) is 20.7. The highest BCUT2D eigenvalue weighted by molar-refractivity contribution is 9.10. The van der Waals surface area contributed by atoms with Gasteiger partial charge in [-0.25, -0.2) is 9.69 Å². The van der Waals surface area contributed by atoms with Gasteiger partial charge in [-0.3, -0.25) is 25.0 Å². The average Bonchev–Trinajstić information content (AvgIpc) is 2.99. The van der Waals surface area contributed by atoms with E-state index in [4.69, 9.17) is 21.1 Å². The van der Waals surface area contributed by atoms with Gasteiger partial charge in [0.2, 0.25) is 0 Å². The SMILES string of the molecule is O=C1NC(=O)N(c2ccc(OCc3ccccc3Cl)cc2)C(=O)/C1=C/c1cc(Br)ccc1OCc1ccc([N+](=O)[O-])cc1. The molecule has 1 saturated heterocycles. The molecular formula is C31H21BrClN3O7. The molecule has 12 heteroatoms. The van der Waals surface area contributed by atoms with E-state index in [1.165, 1.54) is 30.3 Å². The molecule has 4 aromatic rings. The number of benzene rings is 4. The summed E-state index contributed by atoms with van der Waals surface area (Å²) in [4.78, 5) is 50.2. The number of urea groups is 1. The van der Waals surface area contributed by atoms with Crippen LogP contribution in [0.5, 0.6) is 11.5 Å². The third kappa shape index (κ3) is 6.91. The molecular weight excluding hydrogens is 642 g/mol. The summed E-state index contributed by atoms with van der Waals surface area (Å²) in [5, 5.41) is 13.7. The number of rotatable bonds is 9. The molecule has 0 bridgehead atoms. The zero-order valence-electron chi connectivity index (χ0n) is 22.2. The third-order valence-corrected chi connectivity index (χ3v) is 7.22. The molecule has 0 saturated carbocycles. The van der Waals surface area contributed by atoms with Crippen molar-refractivity contribution in [3.8, 4) is 11.5 Å². The summed E-state index contributed by atoms with van der Waals surface area (Å²) in [5.41, 5.74) is 1.78. The first kappa shape index (κ1) is 29.5. The Bertz CT molecular complexity index is 1760. The average molecular weight is 663 g/mol. The van der Waals surface area contributed by atoms with Crippen LogP contribution < -0.4 is 19.7 Å². The molecule has 0 unspecified atom stereocenters. The number of nitro benzene ring substituents is 1. The molecule has 43 heavy (non-hydrogen) atoms. The molecule has 10 nitrogen and oxygen atoms in total. The number of imide groups is 2. The summed E-state index contributed by atoms with van der Waals surface area (Å²) < 4.78 is 12.4. The molecule has 1 aliphatic heterocycles. The molecule has 1 heterocycles. The Labute approximate surface area is 258 Å². The molecule has 0 spiro atoms. The predicted octanol–water partition coefficient (Wildman–Crippen LogP) is 6.84. The summed E-state index contributed by atoms with van der Waals surface area (Å²) in [6.07, 6.45) is 1.34. The van der Waals surface area contributed by atoms with Crippen molar-refractivity contribution in [3.05, 3.63) is 133 Å². The van der Waals surface area contributed by atoms with Crippen molar-refractivity contribution in [1.82, 2.24) is 5.32 Å². The second kappa shape index (κ2) is 12.9. The Balaban J connectivity index is 1.35. The van der Waals surface area contributed by atoms with Crippen LogP contribution in [-0.2, 0) is 22.8 Å². The summed E-state index contributed by atoms with van der Waals surface area (Å²) in [6.45, 7) is 0.302. The van der Waals surface area contributed by atoms with Crippen LogP contribution in [0.2, 0.25) is 5.02 Å². The van der Waals surface area contributed by atoms with Gasteiger partial charge in [0.1, 0.15) is 30.3 Å². The van der Waals surface area contributed by atoms with E-state index < -0.39 is 22.8 Å². The van der Waals surface area contributed by atoms with Gasteiger partial charge in [0.15, 0.2) is 0 Å². The molecule has 216 valence electrons.